The van der Waals surface area contributed by atoms with Gasteiger partial charge in [0.25, 0.3) is 5.91 Å². The van der Waals surface area contributed by atoms with E-state index >= 15 is 0 Å². The summed E-state index contributed by atoms with van der Waals surface area (Å²) in [5.74, 6) is 0.617. The Labute approximate surface area is 167 Å². The van der Waals surface area contributed by atoms with Crippen LogP contribution in [-0.2, 0) is 5.75 Å². The first-order valence-electron chi connectivity index (χ1n) is 9.02. The molecule has 6 heteroatoms. The highest BCUT2D eigenvalue weighted by Crippen LogP contribution is 2.24. The van der Waals surface area contributed by atoms with Gasteiger partial charge in [0.2, 0.25) is 0 Å². The number of hydrogen-bond acceptors (Lipinski definition) is 4. The van der Waals surface area contributed by atoms with Gasteiger partial charge >= 0.3 is 0 Å². The quantitative estimate of drug-likeness (QED) is 0.581. The number of amides is 1. The number of ether oxygens (including phenoxy) is 1. The molecule has 0 bridgehead atoms. The van der Waals surface area contributed by atoms with Crippen molar-refractivity contribution in [3.8, 4) is 5.75 Å². The summed E-state index contributed by atoms with van der Waals surface area (Å²) in [4.78, 5) is 18.6. The van der Waals surface area contributed by atoms with E-state index in [-0.39, 0.29) is 23.6 Å². The lowest BCUT2D eigenvalue weighted by molar-refractivity contribution is 0.0164. The fourth-order valence-electron chi connectivity index (χ4n) is 2.91. The molecular formula is C22H19FN2O2S. The van der Waals surface area contributed by atoms with Gasteiger partial charge in [0.1, 0.15) is 6.10 Å². The summed E-state index contributed by atoms with van der Waals surface area (Å²) >= 11 is 1.66. The zero-order valence-electron chi connectivity index (χ0n) is 15.1. The highest BCUT2D eigenvalue weighted by atomic mass is 32.2. The van der Waals surface area contributed by atoms with Gasteiger partial charge in [0.15, 0.2) is 11.6 Å². The molecule has 1 aromatic heterocycles. The summed E-state index contributed by atoms with van der Waals surface area (Å²) in [6, 6.07) is 19.8. The Bertz CT molecular complexity index is 944. The number of benzene rings is 2. The van der Waals surface area contributed by atoms with E-state index in [0.717, 1.165) is 16.3 Å². The zero-order chi connectivity index (χ0) is 19.3. The van der Waals surface area contributed by atoms with Crippen molar-refractivity contribution in [2.75, 3.05) is 13.1 Å². The maximum absolute atomic E-state index is 13.6. The van der Waals surface area contributed by atoms with Crippen LogP contribution in [0.5, 0.6) is 5.75 Å². The van der Waals surface area contributed by atoms with Gasteiger partial charge in [0.05, 0.1) is 18.1 Å². The Balaban J connectivity index is 1.28. The molecule has 0 atom stereocenters. The first-order chi connectivity index (χ1) is 13.7. The number of halogens is 1. The number of rotatable bonds is 6. The van der Waals surface area contributed by atoms with E-state index in [9.17, 15) is 9.18 Å². The smallest absolute Gasteiger partial charge is 0.254 e. The fraction of sp³-hybridized carbons (Fsp3) is 0.182. The van der Waals surface area contributed by atoms with Crippen molar-refractivity contribution in [3.63, 3.8) is 0 Å². The predicted molar refractivity (Wildman–Crippen MR) is 107 cm³/mol. The first kappa shape index (κ1) is 18.5. The van der Waals surface area contributed by atoms with Crippen molar-refractivity contribution in [2.45, 2.75) is 16.9 Å². The van der Waals surface area contributed by atoms with Crippen LogP contribution in [0, 0.1) is 5.82 Å². The number of hydrogen-bond donors (Lipinski definition) is 0. The molecule has 0 saturated carbocycles. The molecule has 0 radical (unpaired) electrons. The normalized spacial score (nSPS) is 13.8. The van der Waals surface area contributed by atoms with Gasteiger partial charge in [-0.1, -0.05) is 30.3 Å². The number of para-hydroxylation sites is 1. The molecule has 1 saturated heterocycles. The SMILES string of the molecule is O=C(c1ccc(CSc2ccccn2)cc1)N1CC(Oc2ccccc2F)C1. The highest BCUT2D eigenvalue weighted by molar-refractivity contribution is 7.98. The zero-order valence-corrected chi connectivity index (χ0v) is 15.9. The van der Waals surface area contributed by atoms with Crippen molar-refractivity contribution in [2.24, 2.45) is 0 Å². The molecule has 0 spiro atoms. The molecular weight excluding hydrogens is 375 g/mol. The van der Waals surface area contributed by atoms with Crippen molar-refractivity contribution in [3.05, 3.63) is 89.9 Å². The second-order valence-electron chi connectivity index (χ2n) is 6.53. The van der Waals surface area contributed by atoms with Gasteiger partial charge in [0, 0.05) is 17.5 Å². The van der Waals surface area contributed by atoms with Gasteiger partial charge in [-0.25, -0.2) is 9.37 Å². The number of carbonyl (C=O) groups excluding carboxylic acids is 1. The molecule has 1 aliphatic heterocycles. The molecule has 0 aliphatic carbocycles. The van der Waals surface area contributed by atoms with Gasteiger partial charge < -0.3 is 9.64 Å². The third kappa shape index (κ3) is 4.34. The number of pyridine rings is 1. The number of likely N-dealkylation sites (tertiary alicyclic amines) is 1. The number of nitrogens with zero attached hydrogens (tertiary/aromatic N) is 2. The van der Waals surface area contributed by atoms with E-state index < -0.39 is 0 Å². The van der Waals surface area contributed by atoms with Gasteiger partial charge in [-0.15, -0.1) is 11.8 Å². The van der Waals surface area contributed by atoms with Crippen LogP contribution < -0.4 is 4.74 Å². The molecule has 28 heavy (non-hydrogen) atoms. The van der Waals surface area contributed by atoms with E-state index in [1.165, 1.54) is 6.07 Å². The third-order valence-corrected chi connectivity index (χ3v) is 5.51. The lowest BCUT2D eigenvalue weighted by Gasteiger charge is -2.39. The number of aromatic nitrogens is 1. The van der Waals surface area contributed by atoms with Crippen molar-refractivity contribution < 1.29 is 13.9 Å². The van der Waals surface area contributed by atoms with Crippen LogP contribution in [0.25, 0.3) is 0 Å². The molecule has 0 N–H and O–H groups in total. The van der Waals surface area contributed by atoms with E-state index in [4.69, 9.17) is 4.74 Å². The summed E-state index contributed by atoms with van der Waals surface area (Å²) in [6.07, 6.45) is 1.61. The standard InChI is InChI=1S/C22H19FN2O2S/c23-19-5-1-2-6-20(19)27-18-13-25(14-18)22(26)17-10-8-16(9-11-17)15-28-21-7-3-4-12-24-21/h1-12,18H,13-15H2. The predicted octanol–water partition coefficient (Wildman–Crippen LogP) is 4.42. The van der Waals surface area contributed by atoms with Crippen LogP contribution in [0.3, 0.4) is 0 Å². The summed E-state index contributed by atoms with van der Waals surface area (Å²) in [5.41, 5.74) is 1.78. The fourth-order valence-corrected chi connectivity index (χ4v) is 3.73. The van der Waals surface area contributed by atoms with Gasteiger partial charge in [-0.2, -0.15) is 0 Å². The Morgan fingerprint density at radius 1 is 1.07 bits per heavy atom. The van der Waals surface area contributed by atoms with Crippen LogP contribution >= 0.6 is 11.8 Å². The average Bonchev–Trinajstić information content (AvgIpc) is 2.71. The minimum absolute atomic E-state index is 0.0303. The van der Waals surface area contributed by atoms with E-state index in [2.05, 4.69) is 4.98 Å². The lowest BCUT2D eigenvalue weighted by Crippen LogP contribution is -2.56. The maximum Gasteiger partial charge on any atom is 0.254 e. The van der Waals surface area contributed by atoms with Crippen LogP contribution in [0.15, 0.2) is 78.0 Å². The first-order valence-corrected chi connectivity index (χ1v) is 10.0. The summed E-state index contributed by atoms with van der Waals surface area (Å²) < 4.78 is 19.2. The summed E-state index contributed by atoms with van der Waals surface area (Å²) in [6.45, 7) is 0.925. The topological polar surface area (TPSA) is 42.4 Å². The molecule has 3 aromatic rings. The molecule has 1 amide bonds. The summed E-state index contributed by atoms with van der Waals surface area (Å²) in [5, 5.41) is 0.976. The Morgan fingerprint density at radius 2 is 1.82 bits per heavy atom. The van der Waals surface area contributed by atoms with Gasteiger partial charge in [-0.05, 0) is 42.0 Å². The van der Waals surface area contributed by atoms with Crippen molar-refractivity contribution >= 4 is 17.7 Å². The molecule has 142 valence electrons. The second-order valence-corrected chi connectivity index (χ2v) is 7.53. The van der Waals surface area contributed by atoms with Crippen LogP contribution in [-0.4, -0.2) is 35.0 Å². The largest absolute Gasteiger partial charge is 0.484 e. The van der Waals surface area contributed by atoms with Crippen molar-refractivity contribution in [1.82, 2.24) is 9.88 Å². The average molecular weight is 394 g/mol. The van der Waals surface area contributed by atoms with Crippen LogP contribution in [0.2, 0.25) is 0 Å². The van der Waals surface area contributed by atoms with E-state index in [0.29, 0.717) is 18.7 Å². The molecule has 0 unspecified atom stereocenters. The molecule has 2 aromatic carbocycles. The Morgan fingerprint density at radius 3 is 2.54 bits per heavy atom. The molecule has 4 nitrogen and oxygen atoms in total. The minimum atomic E-state index is -0.383. The number of carbonyl (C=O) groups is 1. The maximum atomic E-state index is 13.6. The number of thioether (sulfide) groups is 1. The van der Waals surface area contributed by atoms with Gasteiger partial charge in [-0.3, -0.25) is 4.79 Å². The van der Waals surface area contributed by atoms with E-state index in [1.54, 1.807) is 41.1 Å². The minimum Gasteiger partial charge on any atom is -0.484 e. The monoisotopic (exact) mass is 394 g/mol. The van der Waals surface area contributed by atoms with Crippen molar-refractivity contribution in [1.29, 1.82) is 0 Å². The second kappa shape index (κ2) is 8.44. The molecule has 1 fully saturated rings. The highest BCUT2D eigenvalue weighted by Gasteiger charge is 2.33. The van der Waals surface area contributed by atoms with E-state index in [1.807, 2.05) is 42.5 Å². The Kier molecular flexibility index (Phi) is 5.58. The molecule has 2 heterocycles. The van der Waals surface area contributed by atoms with Crippen LogP contribution in [0.1, 0.15) is 15.9 Å². The van der Waals surface area contributed by atoms with Crippen LogP contribution in [0.4, 0.5) is 4.39 Å². The molecule has 4 rings (SSSR count). The summed E-state index contributed by atoms with van der Waals surface area (Å²) in [7, 11) is 0. The lowest BCUT2D eigenvalue weighted by atomic mass is 10.1. The third-order valence-electron chi connectivity index (χ3n) is 4.49. The Hall–Kier alpha value is -2.86. The molecule has 1 aliphatic rings.